The summed E-state index contributed by atoms with van der Waals surface area (Å²) in [6.45, 7) is 14.3. The second-order valence-corrected chi connectivity index (χ2v) is 25.1. The van der Waals surface area contributed by atoms with E-state index in [4.69, 9.17) is 50.3 Å². The summed E-state index contributed by atoms with van der Waals surface area (Å²) in [5.74, 6) is 0.349. The van der Waals surface area contributed by atoms with Crippen molar-refractivity contribution in [1.82, 2.24) is 58.2 Å². The number of imidazole rings is 3. The Morgan fingerprint density at radius 2 is 1.24 bits per heavy atom. The molecule has 0 radical (unpaired) electrons. The van der Waals surface area contributed by atoms with Gasteiger partial charge in [0.15, 0.2) is 29.0 Å². The van der Waals surface area contributed by atoms with Gasteiger partial charge in [-0.1, -0.05) is 59.6 Å². The van der Waals surface area contributed by atoms with Crippen LogP contribution in [0.1, 0.15) is 102 Å². The Balaban J connectivity index is 0.000000198. The van der Waals surface area contributed by atoms with E-state index in [0.29, 0.717) is 30.0 Å². The summed E-state index contributed by atoms with van der Waals surface area (Å²) in [4.78, 5) is 93.8. The van der Waals surface area contributed by atoms with E-state index in [0.717, 1.165) is 102 Å². The maximum absolute atomic E-state index is 12.5. The Labute approximate surface area is 564 Å². The number of nitrogen functional groups attached to an aromatic ring is 1. The van der Waals surface area contributed by atoms with Gasteiger partial charge in [0.1, 0.15) is 50.1 Å². The lowest BCUT2D eigenvalue weighted by Gasteiger charge is -2.38. The minimum atomic E-state index is -0.961. The van der Waals surface area contributed by atoms with Gasteiger partial charge in [-0.25, -0.2) is 24.7 Å². The predicted octanol–water partition coefficient (Wildman–Crippen LogP) is 13.5. The van der Waals surface area contributed by atoms with Crippen LogP contribution >= 0.6 is 98.5 Å². The number of piperazine rings is 1. The average Bonchev–Trinajstić information content (AvgIpc) is 3.50. The van der Waals surface area contributed by atoms with Crippen LogP contribution in [0.5, 0.6) is 0 Å². The third-order valence-corrected chi connectivity index (χ3v) is 15.7. The van der Waals surface area contributed by atoms with Gasteiger partial charge < -0.3 is 20.7 Å². The number of amides is 1. The number of ether oxygens (including phenoxy) is 1. The minimum Gasteiger partial charge on any atom is -0.444 e. The van der Waals surface area contributed by atoms with Crippen LogP contribution in [0.25, 0.3) is 23.0 Å². The highest BCUT2D eigenvalue weighted by molar-refractivity contribution is 9.11. The highest BCUT2D eigenvalue weighted by Gasteiger charge is 2.36. The van der Waals surface area contributed by atoms with Crippen molar-refractivity contribution in [2.24, 2.45) is 0 Å². The van der Waals surface area contributed by atoms with Gasteiger partial charge in [-0.15, -0.1) is 11.6 Å². The zero-order valence-corrected chi connectivity index (χ0v) is 58.2. The quantitative estimate of drug-likeness (QED) is 0.0621. The summed E-state index contributed by atoms with van der Waals surface area (Å²) in [5.41, 5.74) is 13.1. The van der Waals surface area contributed by atoms with Crippen molar-refractivity contribution in [3.8, 4) is 0 Å². The monoisotopic (exact) mass is 1530 g/mol. The summed E-state index contributed by atoms with van der Waals surface area (Å²) < 4.78 is 14.5. The number of alkyl halides is 3. The van der Waals surface area contributed by atoms with Crippen LogP contribution in [-0.4, -0.2) is 138 Å². The molecule has 1 amide bonds. The third-order valence-electron chi connectivity index (χ3n) is 12.6. The molecule has 2 aliphatic rings. The molecular formula is C62H66Br4Cl3N13O7. The molecule has 0 saturated carbocycles. The van der Waals surface area contributed by atoms with Crippen molar-refractivity contribution in [3.63, 3.8) is 0 Å². The smallest absolute Gasteiger partial charge is 0.410 e. The first-order chi connectivity index (χ1) is 42.3. The third kappa shape index (κ3) is 23.6. The number of aryl methyl sites for hydroxylation is 2. The standard InChI is InChI=1S/C19H19BrN4O.C11H9BrN2O.C9H18N2O2.C8H5BrN2O.C7H7NO.C5H5BrN2.C3H3Cl3O/c1-12-5-4-8-21-19(12)16-10-13(25)9-15(23(16)2)14-11-24-17(20)6-3-7-18(24)22-14;1-8(15)5-6-9-7-14-10(12)3-2-4-11(14)13-9;1-9(2,3)13-8(12)11-6-4-10-5-7-11;9-7-2-1-3-8-10-6(5-12)4-11(7)8;1-6-3-2-4-8-7(6)5-9;6-4-2-1-3-5(7)8-4;4-1-2(7)3(5)6/h3-8,11,15-16H,9-10H2,1-2H3;2-7H,1H3;10H,4-7H2,1-3H3;1-5H;2-5H,1H3;1-3H,(H2,7,8);3H,1H2/b;6-5+;;;;;. The highest BCUT2D eigenvalue weighted by atomic mass is 79.9. The first-order valence-electron chi connectivity index (χ1n) is 27.3. The minimum absolute atomic E-state index is 0.0132. The molecule has 0 aliphatic carbocycles. The number of likely N-dealkylation sites (tertiary alicyclic amines) is 1. The molecule has 27 heteroatoms. The summed E-state index contributed by atoms with van der Waals surface area (Å²) in [6, 6.07) is 30.3. The first kappa shape index (κ1) is 73.1. The number of nitrogens with one attached hydrogen (secondary N) is 1. The van der Waals surface area contributed by atoms with E-state index in [2.05, 4.69) is 106 Å². The van der Waals surface area contributed by atoms with Crippen molar-refractivity contribution < 1.29 is 33.5 Å². The van der Waals surface area contributed by atoms with Crippen molar-refractivity contribution in [2.75, 3.05) is 44.8 Å². The molecular weight excluding hydrogens is 1460 g/mol. The molecule has 3 N–H and O–H groups in total. The normalized spacial score (nSPS) is 14.6. The number of ketones is 3. The molecule has 470 valence electrons. The number of Topliss-reactive ketones (excluding diaryl/α,β-unsaturated/α-hetero) is 2. The number of piperidine rings is 1. The number of halogens is 7. The van der Waals surface area contributed by atoms with E-state index in [9.17, 15) is 28.8 Å². The molecule has 20 nitrogen and oxygen atoms in total. The van der Waals surface area contributed by atoms with Crippen LogP contribution < -0.4 is 11.1 Å². The molecule has 2 unspecified atom stereocenters. The lowest BCUT2D eigenvalue weighted by atomic mass is 9.90. The van der Waals surface area contributed by atoms with Crippen molar-refractivity contribution >= 4 is 163 Å². The van der Waals surface area contributed by atoms with Gasteiger partial charge in [-0.05, 0) is 196 Å². The van der Waals surface area contributed by atoms with Crippen LogP contribution in [0.4, 0.5) is 10.6 Å². The number of fused-ring (bicyclic) bond motifs is 3. The van der Waals surface area contributed by atoms with E-state index >= 15 is 0 Å². The second-order valence-electron chi connectivity index (χ2n) is 20.5. The van der Waals surface area contributed by atoms with Crippen LogP contribution in [0.3, 0.4) is 0 Å². The number of nitrogens with zero attached hydrogens (tertiary/aromatic N) is 11. The number of hydrogen-bond donors (Lipinski definition) is 2. The fourth-order valence-electron chi connectivity index (χ4n) is 8.24. The molecule has 0 aromatic carbocycles. The molecule has 11 rings (SSSR count). The maximum atomic E-state index is 12.5. The Bertz CT molecular complexity index is 3850. The number of carbonyl (C=O) groups is 6. The van der Waals surface area contributed by atoms with Crippen LogP contribution in [0.15, 0.2) is 153 Å². The molecule has 2 fully saturated rings. The van der Waals surface area contributed by atoms with Gasteiger partial charge in [0.05, 0.1) is 48.9 Å². The number of aldehydes is 2. The lowest BCUT2D eigenvalue weighted by molar-refractivity contribution is -0.125. The Morgan fingerprint density at radius 3 is 1.69 bits per heavy atom. The first-order valence-corrected chi connectivity index (χ1v) is 31.9. The largest absolute Gasteiger partial charge is 0.444 e. The zero-order chi connectivity index (χ0) is 65.4. The molecule has 9 aromatic rings. The van der Waals surface area contributed by atoms with E-state index in [1.54, 1.807) is 35.6 Å². The highest BCUT2D eigenvalue weighted by Crippen LogP contribution is 2.39. The molecule has 11 heterocycles. The van der Waals surface area contributed by atoms with Crippen LogP contribution in [0, 0.1) is 13.8 Å². The summed E-state index contributed by atoms with van der Waals surface area (Å²) >= 11 is 28.6. The number of nitrogens with two attached hydrogens (primary N) is 1. The number of aromatic nitrogens is 9. The van der Waals surface area contributed by atoms with E-state index in [1.165, 1.54) is 13.0 Å². The lowest BCUT2D eigenvalue weighted by Crippen LogP contribution is -2.48. The second kappa shape index (κ2) is 36.3. The SMILES string of the molecule is CC(=O)/C=C/c1cn2c(Br)cccc2n1.CC(C)(C)OC(=O)N1CCNCC1.Cc1cccnc1C1CC(=O)CC(c2cn3c(Br)cccc3n2)N1C.Cc1cccnc1C=O.Nc1cccc(Br)n1.O=C(CCl)C(Cl)Cl.O=Cc1cn2c(Br)cccc2n1. The zero-order valence-electron chi connectivity index (χ0n) is 49.6. The van der Waals surface area contributed by atoms with Crippen molar-refractivity contribution in [2.45, 2.75) is 76.9 Å². The molecule has 2 saturated heterocycles. The topological polar surface area (TPSA) is 247 Å². The van der Waals surface area contributed by atoms with Crippen molar-refractivity contribution in [3.05, 3.63) is 192 Å². The van der Waals surface area contributed by atoms with Crippen LogP contribution in [0.2, 0.25) is 0 Å². The number of carbonyl (C=O) groups excluding carboxylic acids is 6. The van der Waals surface area contributed by atoms with Gasteiger partial charge in [0.2, 0.25) is 0 Å². The molecule has 0 spiro atoms. The average molecular weight is 1530 g/mol. The van der Waals surface area contributed by atoms with Gasteiger partial charge in [0.25, 0.3) is 0 Å². The van der Waals surface area contributed by atoms with E-state index in [-0.39, 0.29) is 47.0 Å². The Hall–Kier alpha value is -6.61. The number of anilines is 1. The van der Waals surface area contributed by atoms with Crippen LogP contribution in [-0.2, 0) is 19.1 Å². The Morgan fingerprint density at radius 1 is 0.708 bits per heavy atom. The molecule has 2 aliphatic heterocycles. The summed E-state index contributed by atoms with van der Waals surface area (Å²) in [7, 11) is 2.06. The fraction of sp³-hybridized carbons (Fsp3) is 0.290. The number of hydrogen-bond acceptors (Lipinski definition) is 16. The number of pyridine rings is 6. The van der Waals surface area contributed by atoms with Gasteiger partial charge in [0, 0.05) is 70.0 Å². The van der Waals surface area contributed by atoms with Gasteiger partial charge in [-0.3, -0.25) is 52.0 Å². The molecule has 9 aromatic heterocycles. The van der Waals surface area contributed by atoms with E-state index in [1.807, 2.05) is 151 Å². The Kier molecular flexibility index (Phi) is 29.8. The van der Waals surface area contributed by atoms with Gasteiger partial charge in [-0.2, -0.15) is 0 Å². The maximum Gasteiger partial charge on any atom is 0.410 e. The number of allylic oxidation sites excluding steroid dienone is 1. The fourth-order valence-corrected chi connectivity index (χ4v) is 10.4. The summed E-state index contributed by atoms with van der Waals surface area (Å²) in [6.07, 6.45) is 14.5. The molecule has 0 bridgehead atoms. The van der Waals surface area contributed by atoms with Gasteiger partial charge >= 0.3 is 6.09 Å². The van der Waals surface area contributed by atoms with E-state index < -0.39 is 4.84 Å². The van der Waals surface area contributed by atoms with Crippen molar-refractivity contribution in [1.29, 1.82) is 0 Å². The summed E-state index contributed by atoms with van der Waals surface area (Å²) in [5, 5.41) is 3.18. The predicted molar refractivity (Wildman–Crippen MR) is 363 cm³/mol. The number of rotatable bonds is 8. The molecule has 89 heavy (non-hydrogen) atoms. The molecule has 2 atom stereocenters.